The first-order chi connectivity index (χ1) is 13.2. The number of amides is 1. The fourth-order valence-corrected chi connectivity index (χ4v) is 5.02. The highest BCUT2D eigenvalue weighted by Gasteiger charge is 2.30. The minimum Gasteiger partial charge on any atom is -0.493 e. The maximum absolute atomic E-state index is 12.3. The molecule has 0 bridgehead atoms. The smallest absolute Gasteiger partial charge is 0.223 e. The van der Waals surface area contributed by atoms with Crippen molar-refractivity contribution in [3.8, 4) is 11.5 Å². The van der Waals surface area contributed by atoms with Crippen molar-refractivity contribution in [2.24, 2.45) is 5.92 Å². The van der Waals surface area contributed by atoms with Crippen LogP contribution in [-0.2, 0) is 11.2 Å². The van der Waals surface area contributed by atoms with E-state index in [0.717, 1.165) is 37.2 Å². The number of thiophene rings is 1. The molecule has 1 saturated carbocycles. The number of carbonyl (C=O) groups is 1. The van der Waals surface area contributed by atoms with Gasteiger partial charge in [-0.2, -0.15) is 0 Å². The lowest BCUT2D eigenvalue weighted by Gasteiger charge is -2.30. The normalized spacial score (nSPS) is 23.2. The topological polar surface area (TPSA) is 47.6 Å². The van der Waals surface area contributed by atoms with E-state index in [9.17, 15) is 4.79 Å². The van der Waals surface area contributed by atoms with E-state index in [1.807, 2.05) is 12.1 Å². The predicted octanol–water partition coefficient (Wildman–Crippen LogP) is 4.54. The van der Waals surface area contributed by atoms with Crippen LogP contribution in [0.1, 0.15) is 48.5 Å². The first-order valence-electron chi connectivity index (χ1n) is 9.87. The Kier molecular flexibility index (Phi) is 5.67. The number of benzene rings is 1. The van der Waals surface area contributed by atoms with Gasteiger partial charge in [0.25, 0.3) is 0 Å². The van der Waals surface area contributed by atoms with Crippen LogP contribution in [0.25, 0.3) is 0 Å². The molecular weight excluding hydrogens is 358 g/mol. The van der Waals surface area contributed by atoms with Gasteiger partial charge in [0.1, 0.15) is 0 Å². The van der Waals surface area contributed by atoms with E-state index >= 15 is 0 Å². The zero-order valence-corrected chi connectivity index (χ0v) is 16.6. The standard InChI is InChI=1S/C22H27NO3S/c1-25-20-9-8-15(13-21(20)26-18-5-2-3-6-18)17-11-16(22(24)23-14-17)12-19-7-4-10-27-19/h4,7-10,13,16-18H,2-3,5-6,11-12,14H2,1H3,(H,23,24)/t16-,17-/m1/s1. The highest BCUT2D eigenvalue weighted by Crippen LogP contribution is 2.37. The summed E-state index contributed by atoms with van der Waals surface area (Å²) < 4.78 is 11.8. The number of rotatable bonds is 6. The number of carbonyl (C=O) groups excluding carboxylic acids is 1. The van der Waals surface area contributed by atoms with Gasteiger partial charge in [-0.15, -0.1) is 11.3 Å². The molecule has 1 aromatic carbocycles. The van der Waals surface area contributed by atoms with Crippen molar-refractivity contribution in [2.75, 3.05) is 13.7 Å². The van der Waals surface area contributed by atoms with Crippen molar-refractivity contribution >= 4 is 17.2 Å². The van der Waals surface area contributed by atoms with E-state index in [0.29, 0.717) is 18.6 Å². The van der Waals surface area contributed by atoms with Crippen molar-refractivity contribution in [2.45, 2.75) is 50.5 Å². The molecule has 5 heteroatoms. The van der Waals surface area contributed by atoms with Gasteiger partial charge >= 0.3 is 0 Å². The summed E-state index contributed by atoms with van der Waals surface area (Å²) >= 11 is 1.72. The van der Waals surface area contributed by atoms with E-state index in [1.165, 1.54) is 23.3 Å². The summed E-state index contributed by atoms with van der Waals surface area (Å²) in [5.74, 6) is 2.15. The molecule has 0 spiro atoms. The zero-order chi connectivity index (χ0) is 18.6. The number of hydrogen-bond acceptors (Lipinski definition) is 4. The number of piperidine rings is 1. The van der Waals surface area contributed by atoms with Crippen LogP contribution >= 0.6 is 11.3 Å². The van der Waals surface area contributed by atoms with Crippen molar-refractivity contribution in [3.63, 3.8) is 0 Å². The summed E-state index contributed by atoms with van der Waals surface area (Å²) in [6, 6.07) is 10.4. The SMILES string of the molecule is COc1ccc([C@H]2CNC(=O)[C@@H](Cc3cccs3)C2)cc1OC1CCCC1. The van der Waals surface area contributed by atoms with Crippen LogP contribution in [-0.4, -0.2) is 25.7 Å². The number of nitrogens with one attached hydrogen (secondary N) is 1. The van der Waals surface area contributed by atoms with Crippen LogP contribution < -0.4 is 14.8 Å². The van der Waals surface area contributed by atoms with Gasteiger partial charge in [0.15, 0.2) is 11.5 Å². The predicted molar refractivity (Wildman–Crippen MR) is 108 cm³/mol. The molecule has 1 aliphatic carbocycles. The molecule has 1 aliphatic heterocycles. The van der Waals surface area contributed by atoms with Crippen LogP contribution in [0.3, 0.4) is 0 Å². The lowest BCUT2D eigenvalue weighted by molar-refractivity contribution is -0.126. The summed E-state index contributed by atoms with van der Waals surface area (Å²) in [5.41, 5.74) is 1.22. The van der Waals surface area contributed by atoms with Crippen LogP contribution in [0.4, 0.5) is 0 Å². The molecule has 1 aromatic heterocycles. The zero-order valence-electron chi connectivity index (χ0n) is 15.8. The summed E-state index contributed by atoms with van der Waals surface area (Å²) in [5, 5.41) is 5.18. The van der Waals surface area contributed by atoms with Crippen LogP contribution in [0, 0.1) is 5.92 Å². The number of hydrogen-bond donors (Lipinski definition) is 1. The molecular formula is C22H27NO3S. The summed E-state index contributed by atoms with van der Waals surface area (Å²) in [6.45, 7) is 0.689. The quantitative estimate of drug-likeness (QED) is 0.794. The molecule has 2 fully saturated rings. The van der Waals surface area contributed by atoms with E-state index in [1.54, 1.807) is 18.4 Å². The average Bonchev–Trinajstić information content (AvgIpc) is 3.38. The molecule has 4 nitrogen and oxygen atoms in total. The van der Waals surface area contributed by atoms with Crippen molar-refractivity contribution in [1.29, 1.82) is 0 Å². The van der Waals surface area contributed by atoms with Gasteiger partial charge in [-0.1, -0.05) is 12.1 Å². The summed E-state index contributed by atoms with van der Waals surface area (Å²) in [4.78, 5) is 13.6. The maximum atomic E-state index is 12.3. The molecule has 2 atom stereocenters. The van der Waals surface area contributed by atoms with Gasteiger partial charge in [0.05, 0.1) is 13.2 Å². The molecule has 144 valence electrons. The molecule has 27 heavy (non-hydrogen) atoms. The van der Waals surface area contributed by atoms with Gasteiger partial charge in [-0.3, -0.25) is 4.79 Å². The minimum absolute atomic E-state index is 0.0312. The Bertz CT molecular complexity index is 768. The van der Waals surface area contributed by atoms with E-state index in [-0.39, 0.29) is 11.8 Å². The lowest BCUT2D eigenvalue weighted by Crippen LogP contribution is -2.41. The number of ether oxygens (including phenoxy) is 2. The molecule has 2 aliphatic rings. The Morgan fingerprint density at radius 3 is 2.78 bits per heavy atom. The summed E-state index contributed by atoms with van der Waals surface area (Å²) in [7, 11) is 1.69. The second kappa shape index (κ2) is 8.34. The van der Waals surface area contributed by atoms with Crippen molar-refractivity contribution < 1.29 is 14.3 Å². The monoisotopic (exact) mass is 385 g/mol. The average molecular weight is 386 g/mol. The molecule has 2 aromatic rings. The molecule has 1 saturated heterocycles. The third kappa shape index (κ3) is 4.29. The largest absolute Gasteiger partial charge is 0.493 e. The second-order valence-corrected chi connectivity index (χ2v) is 8.63. The van der Waals surface area contributed by atoms with Gasteiger partial charge in [0.2, 0.25) is 5.91 Å². The van der Waals surface area contributed by atoms with Crippen molar-refractivity contribution in [1.82, 2.24) is 5.32 Å². The Morgan fingerprint density at radius 2 is 2.04 bits per heavy atom. The maximum Gasteiger partial charge on any atom is 0.223 e. The number of methoxy groups -OCH3 is 1. The molecule has 0 unspecified atom stereocenters. The van der Waals surface area contributed by atoms with Gasteiger partial charge in [0, 0.05) is 23.3 Å². The second-order valence-electron chi connectivity index (χ2n) is 7.59. The molecule has 4 rings (SSSR count). The van der Waals surface area contributed by atoms with Gasteiger partial charge in [-0.25, -0.2) is 0 Å². The molecule has 2 heterocycles. The Morgan fingerprint density at radius 1 is 1.19 bits per heavy atom. The lowest BCUT2D eigenvalue weighted by atomic mass is 9.83. The van der Waals surface area contributed by atoms with Crippen LogP contribution in [0.15, 0.2) is 35.7 Å². The minimum atomic E-state index is 0.0312. The van der Waals surface area contributed by atoms with Gasteiger partial charge in [-0.05, 0) is 67.7 Å². The Hall–Kier alpha value is -2.01. The fourth-order valence-electron chi connectivity index (χ4n) is 4.23. The summed E-state index contributed by atoms with van der Waals surface area (Å²) in [6.07, 6.45) is 6.72. The third-order valence-electron chi connectivity index (χ3n) is 5.75. The van der Waals surface area contributed by atoms with E-state index < -0.39 is 0 Å². The highest BCUT2D eigenvalue weighted by atomic mass is 32.1. The molecule has 1 N–H and O–H groups in total. The molecule has 1 amide bonds. The Labute approximate surface area is 164 Å². The fraction of sp³-hybridized carbons (Fsp3) is 0.500. The Balaban J connectivity index is 1.50. The van der Waals surface area contributed by atoms with E-state index in [2.05, 4.69) is 28.9 Å². The first kappa shape index (κ1) is 18.4. The van der Waals surface area contributed by atoms with Crippen LogP contribution in [0.5, 0.6) is 11.5 Å². The molecule has 0 radical (unpaired) electrons. The first-order valence-corrected chi connectivity index (χ1v) is 10.8. The third-order valence-corrected chi connectivity index (χ3v) is 6.64. The van der Waals surface area contributed by atoms with E-state index in [4.69, 9.17) is 9.47 Å². The van der Waals surface area contributed by atoms with Crippen LogP contribution in [0.2, 0.25) is 0 Å². The van der Waals surface area contributed by atoms with Gasteiger partial charge < -0.3 is 14.8 Å². The van der Waals surface area contributed by atoms with Crippen molar-refractivity contribution in [3.05, 3.63) is 46.2 Å². The highest BCUT2D eigenvalue weighted by molar-refractivity contribution is 7.09.